The summed E-state index contributed by atoms with van der Waals surface area (Å²) in [7, 11) is 3.18. The molecule has 0 saturated heterocycles. The second kappa shape index (κ2) is 6.39. The first-order chi connectivity index (χ1) is 9.78. The molecule has 0 N–H and O–H groups in total. The van der Waals surface area contributed by atoms with E-state index in [9.17, 15) is 5.26 Å². The van der Waals surface area contributed by atoms with Crippen molar-refractivity contribution in [3.63, 3.8) is 0 Å². The second-order valence-electron chi connectivity index (χ2n) is 3.99. The molecule has 1 heterocycles. The van der Waals surface area contributed by atoms with Gasteiger partial charge in [-0.2, -0.15) is 5.26 Å². The first-order valence-electron chi connectivity index (χ1n) is 6.03. The SMILES string of the molecule is COc1ccc(/C=C(/C#N)c2ccccn2)c(OC)c1. The summed E-state index contributed by atoms with van der Waals surface area (Å²) >= 11 is 0. The standard InChI is InChI=1S/C16H14N2O2/c1-19-14-7-6-12(16(10-14)20-2)9-13(11-17)15-5-3-4-8-18-15/h3-10H,1-2H3/b13-9-. The Balaban J connectivity index is 2.46. The lowest BCUT2D eigenvalue weighted by Crippen LogP contribution is -1.91. The maximum absolute atomic E-state index is 9.28. The van der Waals surface area contributed by atoms with Gasteiger partial charge >= 0.3 is 0 Å². The summed E-state index contributed by atoms with van der Waals surface area (Å²) in [4.78, 5) is 4.18. The van der Waals surface area contributed by atoms with Gasteiger partial charge in [-0.1, -0.05) is 6.07 Å². The van der Waals surface area contributed by atoms with Crippen molar-refractivity contribution in [1.82, 2.24) is 4.98 Å². The molecule has 1 aromatic carbocycles. The molecular formula is C16H14N2O2. The van der Waals surface area contributed by atoms with Crippen molar-refractivity contribution in [3.05, 3.63) is 53.9 Å². The number of hydrogen-bond donors (Lipinski definition) is 0. The Kier molecular flexibility index (Phi) is 4.35. The van der Waals surface area contributed by atoms with Crippen molar-refractivity contribution in [2.75, 3.05) is 14.2 Å². The number of aromatic nitrogens is 1. The van der Waals surface area contributed by atoms with Crippen LogP contribution < -0.4 is 9.47 Å². The van der Waals surface area contributed by atoms with Crippen LogP contribution in [-0.4, -0.2) is 19.2 Å². The quantitative estimate of drug-likeness (QED) is 0.798. The predicted octanol–water partition coefficient (Wildman–Crippen LogP) is 3.16. The van der Waals surface area contributed by atoms with E-state index in [1.165, 1.54) is 0 Å². The molecule has 100 valence electrons. The van der Waals surface area contributed by atoms with Crippen LogP contribution in [0.5, 0.6) is 11.5 Å². The van der Waals surface area contributed by atoms with Gasteiger partial charge < -0.3 is 9.47 Å². The minimum Gasteiger partial charge on any atom is -0.497 e. The number of hydrogen-bond acceptors (Lipinski definition) is 4. The van der Waals surface area contributed by atoms with Crippen LogP contribution in [0.15, 0.2) is 42.6 Å². The first kappa shape index (κ1) is 13.6. The van der Waals surface area contributed by atoms with Crippen LogP contribution in [0.3, 0.4) is 0 Å². The summed E-state index contributed by atoms with van der Waals surface area (Å²) in [5.74, 6) is 1.35. The molecule has 0 atom stereocenters. The molecule has 2 aromatic rings. The van der Waals surface area contributed by atoms with Crippen LogP contribution in [0.2, 0.25) is 0 Å². The molecule has 0 radical (unpaired) electrons. The number of nitriles is 1. The monoisotopic (exact) mass is 266 g/mol. The summed E-state index contributed by atoms with van der Waals surface area (Å²) in [5, 5.41) is 9.28. The third-order valence-corrected chi connectivity index (χ3v) is 2.80. The summed E-state index contributed by atoms with van der Waals surface area (Å²) in [6.07, 6.45) is 3.41. The minimum absolute atomic E-state index is 0.481. The maximum atomic E-state index is 9.28. The molecule has 0 aliphatic heterocycles. The number of benzene rings is 1. The van der Waals surface area contributed by atoms with E-state index in [0.717, 1.165) is 5.56 Å². The first-order valence-corrected chi connectivity index (χ1v) is 6.03. The van der Waals surface area contributed by atoms with Crippen molar-refractivity contribution < 1.29 is 9.47 Å². The Labute approximate surface area is 117 Å². The number of pyridine rings is 1. The molecule has 0 fully saturated rings. The summed E-state index contributed by atoms with van der Waals surface area (Å²) in [5.41, 5.74) is 1.91. The predicted molar refractivity (Wildman–Crippen MR) is 77.3 cm³/mol. The molecule has 0 unspecified atom stereocenters. The second-order valence-corrected chi connectivity index (χ2v) is 3.99. The topological polar surface area (TPSA) is 55.1 Å². The van der Waals surface area contributed by atoms with Crippen molar-refractivity contribution in [3.8, 4) is 17.6 Å². The average molecular weight is 266 g/mol. The Morgan fingerprint density at radius 1 is 1.20 bits per heavy atom. The highest BCUT2D eigenvalue weighted by Crippen LogP contribution is 2.27. The van der Waals surface area contributed by atoms with E-state index in [1.807, 2.05) is 24.3 Å². The van der Waals surface area contributed by atoms with Crippen molar-refractivity contribution in [2.45, 2.75) is 0 Å². The number of methoxy groups -OCH3 is 2. The molecule has 0 amide bonds. The summed E-state index contributed by atoms with van der Waals surface area (Å²) in [6, 6.07) is 13.1. The highest BCUT2D eigenvalue weighted by molar-refractivity contribution is 5.89. The fraction of sp³-hybridized carbons (Fsp3) is 0.125. The van der Waals surface area contributed by atoms with Gasteiger partial charge in [0.1, 0.15) is 17.6 Å². The number of rotatable bonds is 4. The van der Waals surface area contributed by atoms with E-state index in [1.54, 1.807) is 38.6 Å². The molecule has 4 heteroatoms. The lowest BCUT2D eigenvalue weighted by molar-refractivity contribution is 0.394. The third kappa shape index (κ3) is 2.96. The van der Waals surface area contributed by atoms with E-state index in [-0.39, 0.29) is 0 Å². The molecule has 0 saturated carbocycles. The number of ether oxygens (including phenoxy) is 2. The normalized spacial score (nSPS) is 10.8. The Morgan fingerprint density at radius 2 is 2.05 bits per heavy atom. The molecule has 0 spiro atoms. The number of nitrogens with zero attached hydrogens (tertiary/aromatic N) is 2. The molecule has 0 aliphatic rings. The largest absolute Gasteiger partial charge is 0.497 e. The van der Waals surface area contributed by atoms with Crippen LogP contribution in [0.25, 0.3) is 11.6 Å². The highest BCUT2D eigenvalue weighted by Gasteiger charge is 2.06. The van der Waals surface area contributed by atoms with Crippen molar-refractivity contribution in [1.29, 1.82) is 5.26 Å². The van der Waals surface area contributed by atoms with E-state index in [2.05, 4.69) is 11.1 Å². The van der Waals surface area contributed by atoms with Gasteiger partial charge in [0.2, 0.25) is 0 Å². The van der Waals surface area contributed by atoms with Gasteiger partial charge in [-0.05, 0) is 30.3 Å². The smallest absolute Gasteiger partial charge is 0.129 e. The van der Waals surface area contributed by atoms with E-state index in [4.69, 9.17) is 9.47 Å². The molecule has 4 nitrogen and oxygen atoms in total. The van der Waals surface area contributed by atoms with Crippen LogP contribution >= 0.6 is 0 Å². The Morgan fingerprint density at radius 3 is 2.65 bits per heavy atom. The van der Waals surface area contributed by atoms with Gasteiger partial charge in [0.05, 0.1) is 25.5 Å². The zero-order valence-corrected chi connectivity index (χ0v) is 11.3. The summed E-state index contributed by atoms with van der Waals surface area (Å²) < 4.78 is 10.5. The van der Waals surface area contributed by atoms with Crippen molar-refractivity contribution in [2.24, 2.45) is 0 Å². The fourth-order valence-corrected chi connectivity index (χ4v) is 1.78. The highest BCUT2D eigenvalue weighted by atomic mass is 16.5. The third-order valence-electron chi connectivity index (χ3n) is 2.80. The van der Waals surface area contributed by atoms with Gasteiger partial charge in [0, 0.05) is 17.8 Å². The summed E-state index contributed by atoms with van der Waals surface area (Å²) in [6.45, 7) is 0. The average Bonchev–Trinajstić information content (AvgIpc) is 2.53. The maximum Gasteiger partial charge on any atom is 0.129 e. The Bertz CT molecular complexity index is 658. The van der Waals surface area contributed by atoms with Crippen LogP contribution in [-0.2, 0) is 0 Å². The molecule has 1 aromatic heterocycles. The lowest BCUT2D eigenvalue weighted by Gasteiger charge is -2.08. The van der Waals surface area contributed by atoms with Crippen molar-refractivity contribution >= 4 is 11.6 Å². The zero-order valence-electron chi connectivity index (χ0n) is 11.3. The number of allylic oxidation sites excluding steroid dienone is 1. The van der Waals surface area contributed by atoms with E-state index < -0.39 is 0 Å². The molecule has 20 heavy (non-hydrogen) atoms. The molecule has 0 bridgehead atoms. The lowest BCUT2D eigenvalue weighted by atomic mass is 10.1. The van der Waals surface area contributed by atoms with Gasteiger partial charge in [-0.25, -0.2) is 0 Å². The van der Waals surface area contributed by atoms with E-state index >= 15 is 0 Å². The molecule has 0 aliphatic carbocycles. The molecular weight excluding hydrogens is 252 g/mol. The van der Waals surface area contributed by atoms with Gasteiger partial charge in [0.25, 0.3) is 0 Å². The van der Waals surface area contributed by atoms with E-state index in [0.29, 0.717) is 22.8 Å². The molecule has 2 rings (SSSR count). The fourth-order valence-electron chi connectivity index (χ4n) is 1.78. The van der Waals surface area contributed by atoms with Crippen LogP contribution in [0.4, 0.5) is 0 Å². The van der Waals surface area contributed by atoms with Gasteiger partial charge in [-0.15, -0.1) is 0 Å². The Hall–Kier alpha value is -2.80. The van der Waals surface area contributed by atoms with Gasteiger partial charge in [-0.3, -0.25) is 4.98 Å². The van der Waals surface area contributed by atoms with Crippen LogP contribution in [0.1, 0.15) is 11.3 Å². The van der Waals surface area contributed by atoms with Crippen LogP contribution in [0, 0.1) is 11.3 Å². The zero-order chi connectivity index (χ0) is 14.4. The van der Waals surface area contributed by atoms with Gasteiger partial charge in [0.15, 0.2) is 0 Å². The minimum atomic E-state index is 0.481.